The molecule has 1 aliphatic rings. The Morgan fingerprint density at radius 1 is 1.23 bits per heavy atom. The van der Waals surface area contributed by atoms with Gasteiger partial charge in [0.2, 0.25) is 0 Å². The Morgan fingerprint density at radius 2 is 1.97 bits per heavy atom. The number of benzene rings is 2. The number of carbonyl (C=O) groups is 3. The lowest BCUT2D eigenvalue weighted by Crippen LogP contribution is -2.36. The van der Waals surface area contributed by atoms with Gasteiger partial charge in [-0.25, -0.2) is 14.1 Å². The highest BCUT2D eigenvalue weighted by Crippen LogP contribution is 2.35. The zero-order valence-electron chi connectivity index (χ0n) is 16.6. The van der Waals surface area contributed by atoms with E-state index >= 15 is 0 Å². The van der Waals surface area contributed by atoms with Crippen molar-refractivity contribution in [2.24, 2.45) is 0 Å². The summed E-state index contributed by atoms with van der Waals surface area (Å²) >= 11 is 2.04. The van der Waals surface area contributed by atoms with Gasteiger partial charge in [-0.2, -0.15) is 0 Å². The van der Waals surface area contributed by atoms with Crippen LogP contribution in [0.5, 0.6) is 11.5 Å². The second-order valence-electron chi connectivity index (χ2n) is 6.37. The fourth-order valence-corrected chi connectivity index (χ4v) is 3.59. The van der Waals surface area contributed by atoms with E-state index in [0.29, 0.717) is 26.2 Å². The molecule has 2 aromatic carbocycles. The second kappa shape index (κ2) is 9.77. The van der Waals surface area contributed by atoms with Crippen molar-refractivity contribution >= 4 is 46.6 Å². The van der Waals surface area contributed by atoms with Crippen molar-refractivity contribution in [3.05, 3.63) is 62.6 Å². The maximum Gasteiger partial charge on any atom is 0.329 e. The van der Waals surface area contributed by atoms with Crippen LogP contribution in [-0.4, -0.2) is 43.6 Å². The predicted molar refractivity (Wildman–Crippen MR) is 117 cm³/mol. The molecule has 1 aliphatic heterocycles. The summed E-state index contributed by atoms with van der Waals surface area (Å²) < 4.78 is 30.2. The molecule has 3 rings (SSSR count). The lowest BCUT2D eigenvalue weighted by Gasteiger charge is -2.14. The van der Waals surface area contributed by atoms with Gasteiger partial charge in [0.05, 0.1) is 17.8 Å². The second-order valence-corrected chi connectivity index (χ2v) is 7.53. The van der Waals surface area contributed by atoms with Gasteiger partial charge in [-0.15, -0.1) is 0 Å². The molecule has 3 amide bonds. The SMILES string of the molecule is COC(=O)CN1C(=O)N/C(=C/c2cc(I)c(OCc3ccccc3F)c(OC)c2)C1=O. The normalized spacial score (nSPS) is 14.6. The van der Waals surface area contributed by atoms with Crippen LogP contribution >= 0.6 is 22.6 Å². The average Bonchev–Trinajstić information content (AvgIpc) is 3.00. The van der Waals surface area contributed by atoms with Gasteiger partial charge in [-0.1, -0.05) is 18.2 Å². The van der Waals surface area contributed by atoms with Crippen molar-refractivity contribution in [2.75, 3.05) is 20.8 Å². The summed E-state index contributed by atoms with van der Waals surface area (Å²) in [5.41, 5.74) is 0.964. The molecule has 1 saturated heterocycles. The molecule has 1 N–H and O–H groups in total. The minimum absolute atomic E-state index is 0.00628. The average molecular weight is 540 g/mol. The number of hydrogen-bond donors (Lipinski definition) is 1. The van der Waals surface area contributed by atoms with Crippen LogP contribution in [-0.2, 0) is 20.9 Å². The zero-order valence-corrected chi connectivity index (χ0v) is 18.8. The number of hydrogen-bond acceptors (Lipinski definition) is 6. The molecule has 162 valence electrons. The first-order valence-corrected chi connectivity index (χ1v) is 10.1. The minimum Gasteiger partial charge on any atom is -0.493 e. The van der Waals surface area contributed by atoms with Gasteiger partial charge >= 0.3 is 12.0 Å². The van der Waals surface area contributed by atoms with E-state index in [1.807, 2.05) is 22.6 Å². The van der Waals surface area contributed by atoms with Crippen molar-refractivity contribution in [3.63, 3.8) is 0 Å². The number of methoxy groups -OCH3 is 2. The highest BCUT2D eigenvalue weighted by atomic mass is 127. The first-order valence-electron chi connectivity index (χ1n) is 8.99. The summed E-state index contributed by atoms with van der Waals surface area (Å²) in [7, 11) is 2.63. The van der Waals surface area contributed by atoms with E-state index in [2.05, 4.69) is 10.1 Å². The molecule has 0 radical (unpaired) electrons. The molecule has 0 aliphatic carbocycles. The third-order valence-electron chi connectivity index (χ3n) is 4.37. The Labute approximate surface area is 191 Å². The number of imide groups is 1. The Hall–Kier alpha value is -3.15. The largest absolute Gasteiger partial charge is 0.493 e. The van der Waals surface area contributed by atoms with E-state index < -0.39 is 24.5 Å². The van der Waals surface area contributed by atoms with Gasteiger partial charge in [0.15, 0.2) is 11.5 Å². The molecule has 1 fully saturated rings. The van der Waals surface area contributed by atoms with Crippen molar-refractivity contribution < 1.29 is 33.0 Å². The van der Waals surface area contributed by atoms with E-state index in [0.717, 1.165) is 4.90 Å². The molecule has 10 heteroatoms. The van der Waals surface area contributed by atoms with Crippen LogP contribution in [0.15, 0.2) is 42.1 Å². The topological polar surface area (TPSA) is 94.2 Å². The summed E-state index contributed by atoms with van der Waals surface area (Å²) in [6.07, 6.45) is 1.46. The first kappa shape index (κ1) is 22.5. The lowest BCUT2D eigenvalue weighted by molar-refractivity contribution is -0.143. The van der Waals surface area contributed by atoms with E-state index in [1.165, 1.54) is 26.4 Å². The molecular weight excluding hydrogens is 522 g/mol. The van der Waals surface area contributed by atoms with Gasteiger partial charge in [-0.05, 0) is 52.4 Å². The summed E-state index contributed by atoms with van der Waals surface area (Å²) in [4.78, 5) is 36.6. The summed E-state index contributed by atoms with van der Waals surface area (Å²) in [6.45, 7) is -0.474. The van der Waals surface area contributed by atoms with Crippen molar-refractivity contribution in [2.45, 2.75) is 6.61 Å². The number of rotatable bonds is 7. The minimum atomic E-state index is -0.715. The molecule has 0 saturated carbocycles. The molecule has 31 heavy (non-hydrogen) atoms. The number of carbonyl (C=O) groups excluding carboxylic acids is 3. The monoisotopic (exact) mass is 540 g/mol. The van der Waals surface area contributed by atoms with E-state index in [4.69, 9.17) is 9.47 Å². The lowest BCUT2D eigenvalue weighted by atomic mass is 10.1. The van der Waals surface area contributed by atoms with Crippen LogP contribution < -0.4 is 14.8 Å². The molecule has 1 heterocycles. The number of nitrogens with one attached hydrogen (secondary N) is 1. The maximum atomic E-state index is 13.8. The van der Waals surface area contributed by atoms with Gasteiger partial charge in [0, 0.05) is 5.56 Å². The Bertz CT molecular complexity index is 1070. The van der Waals surface area contributed by atoms with Gasteiger partial charge in [0.1, 0.15) is 24.7 Å². The third kappa shape index (κ3) is 5.13. The van der Waals surface area contributed by atoms with E-state index in [1.54, 1.807) is 30.3 Å². The zero-order chi connectivity index (χ0) is 22.5. The van der Waals surface area contributed by atoms with Crippen LogP contribution in [0.1, 0.15) is 11.1 Å². The number of urea groups is 1. The molecule has 0 bridgehead atoms. The molecular formula is C21H18FIN2O6. The van der Waals surface area contributed by atoms with E-state index in [-0.39, 0.29) is 18.1 Å². The Balaban J connectivity index is 1.83. The van der Waals surface area contributed by atoms with Crippen LogP contribution in [0, 0.1) is 9.39 Å². The van der Waals surface area contributed by atoms with Crippen LogP contribution in [0.25, 0.3) is 6.08 Å². The van der Waals surface area contributed by atoms with Gasteiger partial charge < -0.3 is 19.5 Å². The van der Waals surface area contributed by atoms with Crippen molar-refractivity contribution in [1.29, 1.82) is 0 Å². The van der Waals surface area contributed by atoms with Gasteiger partial charge in [-0.3, -0.25) is 9.59 Å². The Morgan fingerprint density at radius 3 is 2.65 bits per heavy atom. The molecule has 8 nitrogen and oxygen atoms in total. The van der Waals surface area contributed by atoms with E-state index in [9.17, 15) is 18.8 Å². The molecule has 0 spiro atoms. The summed E-state index contributed by atoms with van der Waals surface area (Å²) in [6, 6.07) is 8.92. The highest BCUT2D eigenvalue weighted by molar-refractivity contribution is 14.1. The fraction of sp³-hybridized carbons (Fsp3) is 0.190. The van der Waals surface area contributed by atoms with Crippen molar-refractivity contribution in [1.82, 2.24) is 10.2 Å². The summed E-state index contributed by atoms with van der Waals surface area (Å²) in [5, 5.41) is 2.43. The van der Waals surface area contributed by atoms with Crippen molar-refractivity contribution in [3.8, 4) is 11.5 Å². The highest BCUT2D eigenvalue weighted by Gasteiger charge is 2.35. The van der Waals surface area contributed by atoms with Crippen LogP contribution in [0.4, 0.5) is 9.18 Å². The maximum absolute atomic E-state index is 13.8. The van der Waals surface area contributed by atoms with Crippen LogP contribution in [0.3, 0.4) is 0 Å². The number of nitrogens with zero attached hydrogens (tertiary/aromatic N) is 1. The fourth-order valence-electron chi connectivity index (χ4n) is 2.80. The number of esters is 1. The molecule has 0 unspecified atom stereocenters. The molecule has 2 aromatic rings. The van der Waals surface area contributed by atoms with Crippen LogP contribution in [0.2, 0.25) is 0 Å². The Kier molecular flexibility index (Phi) is 7.10. The van der Waals surface area contributed by atoms with Gasteiger partial charge in [0.25, 0.3) is 5.91 Å². The third-order valence-corrected chi connectivity index (χ3v) is 5.17. The molecule has 0 atom stereocenters. The number of ether oxygens (including phenoxy) is 3. The standard InChI is InChI=1S/C21H18FIN2O6/c1-29-17-9-12(8-16-20(27)25(21(28)24-16)10-18(26)30-2)7-15(23)19(17)31-11-13-5-3-4-6-14(13)22/h3-9H,10-11H2,1-2H3,(H,24,28)/b16-8+. The smallest absolute Gasteiger partial charge is 0.329 e. The number of halogens is 2. The number of amides is 3. The first-order chi connectivity index (χ1) is 14.8. The quantitative estimate of drug-likeness (QED) is 0.251. The predicted octanol–water partition coefficient (Wildman–Crippen LogP) is 3.08. The molecule has 0 aromatic heterocycles. The summed E-state index contributed by atoms with van der Waals surface area (Å²) in [5.74, 6) is -0.938.